The first-order valence-electron chi connectivity index (χ1n) is 6.99. The number of nitrogens with one attached hydrogen (secondary N) is 1. The molecule has 19 heavy (non-hydrogen) atoms. The van der Waals surface area contributed by atoms with Crippen LogP contribution in [0.1, 0.15) is 25.7 Å². The summed E-state index contributed by atoms with van der Waals surface area (Å²) < 4.78 is 1.84. The van der Waals surface area contributed by atoms with Gasteiger partial charge in [-0.25, -0.2) is 4.52 Å². The molecule has 2 aromatic heterocycles. The second-order valence-corrected chi connectivity index (χ2v) is 5.32. The molecule has 1 N–H and O–H groups in total. The predicted molar refractivity (Wildman–Crippen MR) is 76.5 cm³/mol. The van der Waals surface area contributed by atoms with Gasteiger partial charge in [0.05, 0.1) is 0 Å². The minimum absolute atomic E-state index is 0.557. The van der Waals surface area contributed by atoms with Crippen LogP contribution in [-0.2, 0) is 0 Å². The predicted octanol–water partition coefficient (Wildman–Crippen LogP) is 1.70. The summed E-state index contributed by atoms with van der Waals surface area (Å²) in [6.07, 6.45) is 6.82. The average Bonchev–Trinajstić information content (AvgIpc) is 2.90. The summed E-state index contributed by atoms with van der Waals surface area (Å²) >= 11 is 0. The van der Waals surface area contributed by atoms with Crippen LogP contribution in [0.25, 0.3) is 5.65 Å². The molecule has 2 heterocycles. The highest BCUT2D eigenvalue weighted by atomic mass is 15.4. The molecular formula is C14H21N5. The maximum atomic E-state index is 4.59. The van der Waals surface area contributed by atoms with Crippen molar-refractivity contribution < 1.29 is 0 Å². The van der Waals surface area contributed by atoms with Gasteiger partial charge in [-0.05, 0) is 44.9 Å². The van der Waals surface area contributed by atoms with E-state index in [0.29, 0.717) is 12.1 Å². The molecule has 3 rings (SSSR count). The number of nitrogens with zero attached hydrogens (tertiary/aromatic N) is 4. The molecular weight excluding hydrogens is 238 g/mol. The Bertz CT molecular complexity index is 509. The summed E-state index contributed by atoms with van der Waals surface area (Å²) in [4.78, 5) is 6.82. The van der Waals surface area contributed by atoms with Crippen molar-refractivity contribution in [3.8, 4) is 0 Å². The summed E-state index contributed by atoms with van der Waals surface area (Å²) in [6.45, 7) is 0. The Morgan fingerprint density at radius 1 is 1.26 bits per heavy atom. The van der Waals surface area contributed by atoms with E-state index in [-0.39, 0.29) is 0 Å². The molecule has 0 aromatic carbocycles. The smallest absolute Gasteiger partial charge is 0.245 e. The van der Waals surface area contributed by atoms with Gasteiger partial charge in [0.1, 0.15) is 0 Å². The first-order chi connectivity index (χ1) is 9.28. The van der Waals surface area contributed by atoms with E-state index in [9.17, 15) is 0 Å². The molecule has 0 unspecified atom stereocenters. The molecule has 0 spiro atoms. The lowest BCUT2D eigenvalue weighted by Gasteiger charge is -2.33. The van der Waals surface area contributed by atoms with Gasteiger partial charge in [-0.15, -0.1) is 5.10 Å². The fourth-order valence-electron chi connectivity index (χ4n) is 2.88. The Labute approximate surface area is 113 Å². The zero-order valence-corrected chi connectivity index (χ0v) is 11.6. The number of fused-ring (bicyclic) bond motifs is 1. The minimum Gasteiger partial charge on any atom is -0.340 e. The van der Waals surface area contributed by atoms with Gasteiger partial charge >= 0.3 is 0 Å². The molecule has 1 saturated carbocycles. The molecule has 0 radical (unpaired) electrons. The number of aromatic nitrogens is 3. The monoisotopic (exact) mass is 259 g/mol. The van der Waals surface area contributed by atoms with Crippen LogP contribution in [0.4, 0.5) is 5.95 Å². The summed E-state index contributed by atoms with van der Waals surface area (Å²) in [5.74, 6) is 0.833. The summed E-state index contributed by atoms with van der Waals surface area (Å²) in [5.41, 5.74) is 0.910. The van der Waals surface area contributed by atoms with Gasteiger partial charge in [0.15, 0.2) is 5.65 Å². The molecule has 5 heteroatoms. The summed E-state index contributed by atoms with van der Waals surface area (Å²) in [6, 6.07) is 7.19. The van der Waals surface area contributed by atoms with Crippen LogP contribution >= 0.6 is 0 Å². The van der Waals surface area contributed by atoms with Crippen LogP contribution in [0.5, 0.6) is 0 Å². The van der Waals surface area contributed by atoms with Crippen molar-refractivity contribution in [2.24, 2.45) is 0 Å². The summed E-state index contributed by atoms with van der Waals surface area (Å²) in [7, 11) is 4.16. The highest BCUT2D eigenvalue weighted by Crippen LogP contribution is 2.24. The van der Waals surface area contributed by atoms with Gasteiger partial charge in [0, 0.05) is 25.3 Å². The van der Waals surface area contributed by atoms with Gasteiger partial charge in [-0.3, -0.25) is 0 Å². The lowest BCUT2D eigenvalue weighted by atomic mass is 9.90. The van der Waals surface area contributed by atoms with Crippen molar-refractivity contribution in [1.82, 2.24) is 19.9 Å². The molecule has 1 aliphatic rings. The van der Waals surface area contributed by atoms with Crippen molar-refractivity contribution >= 4 is 11.6 Å². The quantitative estimate of drug-likeness (QED) is 0.911. The van der Waals surface area contributed by atoms with E-state index in [2.05, 4.69) is 34.4 Å². The van der Waals surface area contributed by atoms with Crippen LogP contribution in [0, 0.1) is 0 Å². The molecule has 0 aliphatic heterocycles. The molecule has 5 nitrogen and oxygen atoms in total. The Morgan fingerprint density at radius 3 is 2.74 bits per heavy atom. The van der Waals surface area contributed by atoms with Crippen molar-refractivity contribution in [2.45, 2.75) is 37.8 Å². The lowest BCUT2D eigenvalue weighted by Crippen LogP contribution is -2.40. The van der Waals surface area contributed by atoms with E-state index in [4.69, 9.17) is 0 Å². The van der Waals surface area contributed by atoms with Crippen LogP contribution < -0.4 is 10.2 Å². The third-order valence-electron chi connectivity index (χ3n) is 4.20. The maximum absolute atomic E-state index is 4.59. The van der Waals surface area contributed by atoms with Gasteiger partial charge in [0.25, 0.3) is 0 Å². The Balaban J connectivity index is 1.74. The van der Waals surface area contributed by atoms with Crippen molar-refractivity contribution in [2.75, 3.05) is 19.0 Å². The Kier molecular flexibility index (Phi) is 3.38. The first kappa shape index (κ1) is 12.4. The Morgan fingerprint density at radius 2 is 2.05 bits per heavy atom. The molecule has 0 bridgehead atoms. The van der Waals surface area contributed by atoms with Crippen LogP contribution in [0.3, 0.4) is 0 Å². The van der Waals surface area contributed by atoms with Crippen molar-refractivity contribution in [3.63, 3.8) is 0 Å². The van der Waals surface area contributed by atoms with Gasteiger partial charge < -0.3 is 10.2 Å². The molecule has 1 aliphatic carbocycles. The molecule has 0 saturated heterocycles. The fourth-order valence-corrected chi connectivity index (χ4v) is 2.88. The highest BCUT2D eigenvalue weighted by Gasteiger charge is 2.25. The van der Waals surface area contributed by atoms with E-state index in [1.807, 2.05) is 28.9 Å². The first-order valence-corrected chi connectivity index (χ1v) is 6.99. The molecule has 0 amide bonds. The summed E-state index contributed by atoms with van der Waals surface area (Å²) in [5, 5.41) is 7.91. The largest absolute Gasteiger partial charge is 0.340 e. The zero-order chi connectivity index (χ0) is 13.2. The van der Waals surface area contributed by atoms with Gasteiger partial charge in [0.2, 0.25) is 5.95 Å². The third kappa shape index (κ3) is 2.42. The number of anilines is 1. The SMILES string of the molecule is CNC1CCC(N(C)c2nc3ccccn3n2)CC1. The topological polar surface area (TPSA) is 45.5 Å². The van der Waals surface area contributed by atoms with Crippen LogP contribution in [0.15, 0.2) is 24.4 Å². The van der Waals surface area contributed by atoms with E-state index in [0.717, 1.165) is 11.6 Å². The average molecular weight is 259 g/mol. The lowest BCUT2D eigenvalue weighted by molar-refractivity contribution is 0.349. The standard InChI is InChI=1S/C14H21N5/c1-15-11-6-8-12(9-7-11)18(2)14-16-13-5-3-4-10-19(13)17-14/h3-5,10-12,15H,6-9H2,1-2H3. The van der Waals surface area contributed by atoms with E-state index in [1.165, 1.54) is 25.7 Å². The molecule has 0 atom stereocenters. The normalized spacial score (nSPS) is 23.7. The van der Waals surface area contributed by atoms with Gasteiger partial charge in [-0.2, -0.15) is 4.98 Å². The van der Waals surface area contributed by atoms with E-state index < -0.39 is 0 Å². The highest BCUT2D eigenvalue weighted by molar-refractivity contribution is 5.44. The third-order valence-corrected chi connectivity index (χ3v) is 4.20. The second kappa shape index (κ2) is 5.17. The molecule has 102 valence electrons. The Hall–Kier alpha value is -1.62. The number of pyridine rings is 1. The molecule has 2 aromatic rings. The number of hydrogen-bond donors (Lipinski definition) is 1. The zero-order valence-electron chi connectivity index (χ0n) is 11.6. The van der Waals surface area contributed by atoms with Gasteiger partial charge in [-0.1, -0.05) is 6.07 Å². The number of rotatable bonds is 3. The maximum Gasteiger partial charge on any atom is 0.245 e. The van der Waals surface area contributed by atoms with Crippen LogP contribution in [-0.4, -0.2) is 40.8 Å². The molecule has 1 fully saturated rings. The van der Waals surface area contributed by atoms with E-state index >= 15 is 0 Å². The minimum atomic E-state index is 0.557. The fraction of sp³-hybridized carbons (Fsp3) is 0.571. The van der Waals surface area contributed by atoms with Crippen molar-refractivity contribution in [1.29, 1.82) is 0 Å². The van der Waals surface area contributed by atoms with E-state index in [1.54, 1.807) is 0 Å². The van der Waals surface area contributed by atoms with Crippen LogP contribution in [0.2, 0.25) is 0 Å². The van der Waals surface area contributed by atoms with Crippen molar-refractivity contribution in [3.05, 3.63) is 24.4 Å². The number of hydrogen-bond acceptors (Lipinski definition) is 4. The second-order valence-electron chi connectivity index (χ2n) is 5.32.